The summed E-state index contributed by atoms with van der Waals surface area (Å²) < 4.78 is 2.72. The molecule has 20 heavy (non-hydrogen) atoms. The predicted octanol–water partition coefficient (Wildman–Crippen LogP) is 5.79. The zero-order valence-corrected chi connectivity index (χ0v) is 12.9. The quantitative estimate of drug-likeness (QED) is 0.433. The Labute approximate surface area is 125 Å². The van der Waals surface area contributed by atoms with Crippen LogP contribution >= 0.6 is 22.7 Å². The molecule has 0 N–H and O–H groups in total. The molecule has 0 amide bonds. The van der Waals surface area contributed by atoms with Gasteiger partial charge in [0.1, 0.15) is 0 Å². The molecule has 3 heteroatoms. The SMILES string of the molecule is Cc1cc(C)cc(-c2nccc3sc4sccc4c23)c1. The lowest BCUT2D eigenvalue weighted by Gasteiger charge is -2.06. The van der Waals surface area contributed by atoms with Crippen LogP contribution in [-0.4, -0.2) is 4.98 Å². The summed E-state index contributed by atoms with van der Waals surface area (Å²) in [4.78, 5) is 4.67. The first-order chi connectivity index (χ1) is 9.72. The summed E-state index contributed by atoms with van der Waals surface area (Å²) >= 11 is 3.68. The van der Waals surface area contributed by atoms with Crippen LogP contribution in [0.5, 0.6) is 0 Å². The molecule has 1 nitrogen and oxygen atoms in total. The summed E-state index contributed by atoms with van der Waals surface area (Å²) in [5.41, 5.74) is 4.91. The standard InChI is InChI=1S/C17H13NS2/c1-10-7-11(2)9-12(8-10)16-15-13-4-6-19-17(13)20-14(15)3-5-18-16/h3-9H,1-2H3. The number of aryl methyl sites for hydroxylation is 2. The smallest absolute Gasteiger partial charge is 0.0878 e. The number of pyridine rings is 1. The molecule has 0 unspecified atom stereocenters. The van der Waals surface area contributed by atoms with E-state index in [1.54, 1.807) is 0 Å². The fourth-order valence-electron chi connectivity index (χ4n) is 2.78. The number of thiophene rings is 2. The molecule has 4 aromatic rings. The summed E-state index contributed by atoms with van der Waals surface area (Å²) in [5, 5.41) is 4.81. The molecule has 3 heterocycles. The topological polar surface area (TPSA) is 12.9 Å². The lowest BCUT2D eigenvalue weighted by Crippen LogP contribution is -1.86. The van der Waals surface area contributed by atoms with E-state index in [0.717, 1.165) is 5.69 Å². The largest absolute Gasteiger partial charge is 0.256 e. The Morgan fingerprint density at radius 2 is 1.80 bits per heavy atom. The van der Waals surface area contributed by atoms with E-state index in [4.69, 9.17) is 0 Å². The van der Waals surface area contributed by atoms with Gasteiger partial charge in [-0.2, -0.15) is 0 Å². The van der Waals surface area contributed by atoms with Crippen LogP contribution in [0.15, 0.2) is 41.9 Å². The number of hydrogen-bond donors (Lipinski definition) is 0. The number of rotatable bonds is 1. The molecule has 1 aromatic carbocycles. The second-order valence-corrected chi connectivity index (χ2v) is 7.36. The van der Waals surface area contributed by atoms with E-state index in [1.165, 1.54) is 36.2 Å². The average molecular weight is 295 g/mol. The second kappa shape index (κ2) is 4.40. The van der Waals surface area contributed by atoms with Gasteiger partial charge in [-0.25, -0.2) is 0 Å². The summed E-state index contributed by atoms with van der Waals surface area (Å²) in [6, 6.07) is 11.0. The van der Waals surface area contributed by atoms with E-state index in [2.05, 4.69) is 54.5 Å². The van der Waals surface area contributed by atoms with E-state index >= 15 is 0 Å². The molecule has 0 saturated carbocycles. The molecule has 0 radical (unpaired) electrons. The van der Waals surface area contributed by atoms with Gasteiger partial charge in [0.2, 0.25) is 0 Å². The van der Waals surface area contributed by atoms with Gasteiger partial charge in [0.25, 0.3) is 0 Å². The molecule has 0 bridgehead atoms. The van der Waals surface area contributed by atoms with Gasteiger partial charge in [0.15, 0.2) is 0 Å². The van der Waals surface area contributed by atoms with Gasteiger partial charge in [-0.05, 0) is 43.5 Å². The zero-order chi connectivity index (χ0) is 13.7. The maximum absolute atomic E-state index is 4.67. The molecular formula is C17H13NS2. The van der Waals surface area contributed by atoms with Crippen molar-refractivity contribution in [2.75, 3.05) is 0 Å². The third-order valence-electron chi connectivity index (χ3n) is 3.51. The van der Waals surface area contributed by atoms with Crippen LogP contribution in [0.4, 0.5) is 0 Å². The van der Waals surface area contributed by atoms with Crippen molar-refractivity contribution in [1.29, 1.82) is 0 Å². The van der Waals surface area contributed by atoms with Crippen LogP contribution in [0.1, 0.15) is 11.1 Å². The molecule has 0 aliphatic heterocycles. The molecule has 0 saturated heterocycles. The number of hydrogen-bond acceptors (Lipinski definition) is 3. The lowest BCUT2D eigenvalue weighted by atomic mass is 10.0. The van der Waals surface area contributed by atoms with Crippen molar-refractivity contribution in [2.24, 2.45) is 0 Å². The van der Waals surface area contributed by atoms with E-state index in [1.807, 2.05) is 28.9 Å². The number of benzene rings is 1. The highest BCUT2D eigenvalue weighted by Gasteiger charge is 2.13. The molecule has 0 aliphatic rings. The monoisotopic (exact) mass is 295 g/mol. The highest BCUT2D eigenvalue weighted by atomic mass is 32.2. The Hall–Kier alpha value is -1.71. The van der Waals surface area contributed by atoms with Crippen LogP contribution in [0.3, 0.4) is 0 Å². The van der Waals surface area contributed by atoms with Gasteiger partial charge in [-0.3, -0.25) is 4.98 Å². The van der Waals surface area contributed by atoms with Gasteiger partial charge in [0, 0.05) is 27.2 Å². The Balaban J connectivity index is 2.12. The van der Waals surface area contributed by atoms with Crippen LogP contribution in [0.25, 0.3) is 30.7 Å². The molecule has 0 fully saturated rings. The third kappa shape index (κ3) is 1.78. The summed E-state index contributed by atoms with van der Waals surface area (Å²) in [7, 11) is 0. The Kier molecular flexibility index (Phi) is 2.65. The van der Waals surface area contributed by atoms with Gasteiger partial charge in [-0.1, -0.05) is 17.2 Å². The first kappa shape index (κ1) is 12.1. The average Bonchev–Trinajstić information content (AvgIpc) is 2.96. The normalized spacial score (nSPS) is 11.5. The first-order valence-corrected chi connectivity index (χ1v) is 8.25. The van der Waals surface area contributed by atoms with Crippen molar-refractivity contribution in [2.45, 2.75) is 13.8 Å². The van der Waals surface area contributed by atoms with Gasteiger partial charge >= 0.3 is 0 Å². The van der Waals surface area contributed by atoms with Crippen molar-refractivity contribution < 1.29 is 0 Å². The maximum Gasteiger partial charge on any atom is 0.0878 e. The summed E-state index contributed by atoms with van der Waals surface area (Å²) in [6.45, 7) is 4.29. The first-order valence-electron chi connectivity index (χ1n) is 6.56. The highest BCUT2D eigenvalue weighted by molar-refractivity contribution is 7.41. The minimum Gasteiger partial charge on any atom is -0.256 e. The van der Waals surface area contributed by atoms with Crippen LogP contribution in [0.2, 0.25) is 0 Å². The van der Waals surface area contributed by atoms with Crippen molar-refractivity contribution in [3.8, 4) is 11.3 Å². The molecule has 0 atom stereocenters. The van der Waals surface area contributed by atoms with Crippen molar-refractivity contribution in [3.05, 3.63) is 53.0 Å². The molecule has 3 aromatic heterocycles. The van der Waals surface area contributed by atoms with Gasteiger partial charge < -0.3 is 0 Å². The molecule has 98 valence electrons. The van der Waals surface area contributed by atoms with Crippen molar-refractivity contribution >= 4 is 42.2 Å². The van der Waals surface area contributed by atoms with E-state index in [9.17, 15) is 0 Å². The van der Waals surface area contributed by atoms with E-state index in [0.29, 0.717) is 0 Å². The van der Waals surface area contributed by atoms with Gasteiger partial charge in [0.05, 0.1) is 9.71 Å². The molecular weight excluding hydrogens is 282 g/mol. The second-order valence-electron chi connectivity index (χ2n) is 5.13. The zero-order valence-electron chi connectivity index (χ0n) is 11.3. The Bertz CT molecular complexity index is 910. The predicted molar refractivity (Wildman–Crippen MR) is 89.9 cm³/mol. The van der Waals surface area contributed by atoms with Crippen molar-refractivity contribution in [3.63, 3.8) is 0 Å². The summed E-state index contributed by atoms with van der Waals surface area (Å²) in [5.74, 6) is 0. The van der Waals surface area contributed by atoms with Crippen LogP contribution in [0, 0.1) is 13.8 Å². The Morgan fingerprint density at radius 1 is 1.00 bits per heavy atom. The molecule has 4 rings (SSSR count). The number of fused-ring (bicyclic) bond motifs is 3. The maximum atomic E-state index is 4.67. The minimum atomic E-state index is 1.11. The van der Waals surface area contributed by atoms with Crippen molar-refractivity contribution in [1.82, 2.24) is 4.98 Å². The fraction of sp³-hybridized carbons (Fsp3) is 0.118. The lowest BCUT2D eigenvalue weighted by molar-refractivity contribution is 1.33. The summed E-state index contributed by atoms with van der Waals surface area (Å²) in [6.07, 6.45) is 1.93. The minimum absolute atomic E-state index is 1.11. The van der Waals surface area contributed by atoms with E-state index < -0.39 is 0 Å². The Morgan fingerprint density at radius 3 is 2.60 bits per heavy atom. The van der Waals surface area contributed by atoms with Crippen LogP contribution in [-0.2, 0) is 0 Å². The number of aromatic nitrogens is 1. The van der Waals surface area contributed by atoms with Gasteiger partial charge in [-0.15, -0.1) is 22.7 Å². The fourth-order valence-corrected chi connectivity index (χ4v) is 4.95. The molecule has 0 spiro atoms. The third-order valence-corrected chi connectivity index (χ3v) is 5.72. The highest BCUT2D eigenvalue weighted by Crippen LogP contribution is 2.41. The van der Waals surface area contributed by atoms with Crippen LogP contribution < -0.4 is 0 Å². The van der Waals surface area contributed by atoms with E-state index in [-0.39, 0.29) is 0 Å². The number of nitrogens with zero attached hydrogens (tertiary/aromatic N) is 1. The molecule has 0 aliphatic carbocycles.